The Morgan fingerprint density at radius 3 is 2.40 bits per heavy atom. The van der Waals surface area contributed by atoms with Gasteiger partial charge in [-0.1, -0.05) is 36.4 Å². The molecule has 2 aromatic carbocycles. The van der Waals surface area contributed by atoms with Crippen molar-refractivity contribution in [2.45, 2.75) is 5.41 Å². The maximum atomic E-state index is 13.2. The molecule has 1 aliphatic rings. The number of likely N-dealkylation sites (N-methyl/N-ethyl adjacent to an activating group) is 1. The summed E-state index contributed by atoms with van der Waals surface area (Å²) >= 11 is 0. The largest absolute Gasteiger partial charge is 0.344 e. The summed E-state index contributed by atoms with van der Waals surface area (Å²) in [5.74, 6) is -0.335. The molecule has 1 aliphatic heterocycles. The fourth-order valence-corrected chi connectivity index (χ4v) is 3.89. The number of aromatic nitrogens is 1. The third-order valence-corrected chi connectivity index (χ3v) is 5.04. The van der Waals surface area contributed by atoms with Gasteiger partial charge in [-0.25, -0.2) is 0 Å². The molecule has 1 amide bonds. The highest BCUT2D eigenvalue weighted by Crippen LogP contribution is 2.47. The lowest BCUT2D eigenvalue weighted by Crippen LogP contribution is -2.40. The summed E-state index contributed by atoms with van der Waals surface area (Å²) in [5, 5.41) is 20.7. The van der Waals surface area contributed by atoms with Crippen LogP contribution in [-0.2, 0) is 17.3 Å². The molecule has 25 heavy (non-hydrogen) atoms. The van der Waals surface area contributed by atoms with Crippen LogP contribution in [0.1, 0.15) is 16.8 Å². The summed E-state index contributed by atoms with van der Waals surface area (Å²) in [6.07, 6.45) is 0. The van der Waals surface area contributed by atoms with Crippen molar-refractivity contribution >= 4 is 22.5 Å². The second-order valence-corrected chi connectivity index (χ2v) is 6.15. The Kier molecular flexibility index (Phi) is 2.97. The average molecular weight is 326 g/mol. The van der Waals surface area contributed by atoms with Crippen LogP contribution in [0.2, 0.25) is 0 Å². The molecule has 0 aliphatic carbocycles. The van der Waals surface area contributed by atoms with Gasteiger partial charge >= 0.3 is 0 Å². The zero-order valence-corrected chi connectivity index (χ0v) is 13.8. The van der Waals surface area contributed by atoms with Crippen LogP contribution in [0.3, 0.4) is 0 Å². The number of fused-ring (bicyclic) bond motifs is 2. The Hall–Kier alpha value is -3.57. The standard InChI is InChI=1S/C20H14N4O/c1-23-16-9-5-3-7-13(16)14(11-21)18(23)20(12-22)15-8-4-6-10-17(15)24(2)19(20)25/h3-10H,1-2H3. The van der Waals surface area contributed by atoms with Gasteiger partial charge in [0.15, 0.2) is 0 Å². The number of para-hydroxylation sites is 2. The molecule has 0 N–H and O–H groups in total. The van der Waals surface area contributed by atoms with Gasteiger partial charge in [0.1, 0.15) is 6.07 Å². The Balaban J connectivity index is 2.20. The summed E-state index contributed by atoms with van der Waals surface area (Å²) in [5.41, 5.74) is 1.42. The van der Waals surface area contributed by atoms with E-state index in [2.05, 4.69) is 12.1 Å². The summed E-state index contributed by atoms with van der Waals surface area (Å²) in [4.78, 5) is 14.7. The monoisotopic (exact) mass is 326 g/mol. The molecule has 1 unspecified atom stereocenters. The fourth-order valence-electron chi connectivity index (χ4n) is 3.89. The minimum Gasteiger partial charge on any atom is -0.344 e. The lowest BCUT2D eigenvalue weighted by molar-refractivity contribution is -0.120. The van der Waals surface area contributed by atoms with Gasteiger partial charge in [0.2, 0.25) is 5.41 Å². The number of anilines is 1. The third kappa shape index (κ3) is 1.62. The highest BCUT2D eigenvalue weighted by molar-refractivity contribution is 6.13. The molecule has 0 saturated heterocycles. The Morgan fingerprint density at radius 2 is 1.68 bits per heavy atom. The third-order valence-electron chi connectivity index (χ3n) is 5.04. The van der Waals surface area contributed by atoms with Gasteiger partial charge in [0.25, 0.3) is 5.91 Å². The molecule has 1 atom stereocenters. The summed E-state index contributed by atoms with van der Waals surface area (Å²) < 4.78 is 1.80. The SMILES string of the molecule is CN1C(=O)C(C#N)(c2c(C#N)c3ccccc3n2C)c2ccccc21. The van der Waals surface area contributed by atoms with E-state index in [1.807, 2.05) is 42.5 Å². The van der Waals surface area contributed by atoms with E-state index in [4.69, 9.17) is 0 Å². The lowest BCUT2D eigenvalue weighted by Gasteiger charge is -2.22. The second kappa shape index (κ2) is 4.96. The quantitative estimate of drug-likeness (QED) is 0.690. The van der Waals surface area contributed by atoms with Crippen molar-refractivity contribution in [3.05, 3.63) is 65.4 Å². The maximum Gasteiger partial charge on any atom is 0.258 e. The van der Waals surface area contributed by atoms with Crippen LogP contribution >= 0.6 is 0 Å². The summed E-state index contributed by atoms with van der Waals surface area (Å²) in [7, 11) is 3.46. The minimum absolute atomic E-state index is 0.335. The number of aryl methyl sites for hydroxylation is 1. The van der Waals surface area contributed by atoms with E-state index in [1.165, 1.54) is 4.90 Å². The van der Waals surface area contributed by atoms with Crippen LogP contribution in [0, 0.1) is 22.7 Å². The molecule has 0 spiro atoms. The van der Waals surface area contributed by atoms with Crippen LogP contribution in [0.15, 0.2) is 48.5 Å². The number of carbonyl (C=O) groups is 1. The zero-order chi connectivity index (χ0) is 17.8. The molecule has 5 nitrogen and oxygen atoms in total. The highest BCUT2D eigenvalue weighted by Gasteiger charge is 2.54. The van der Waals surface area contributed by atoms with E-state index in [-0.39, 0.29) is 5.91 Å². The second-order valence-electron chi connectivity index (χ2n) is 6.15. The number of benzene rings is 2. The van der Waals surface area contributed by atoms with Crippen LogP contribution in [0.5, 0.6) is 0 Å². The van der Waals surface area contributed by atoms with Crippen LogP contribution in [0.25, 0.3) is 10.9 Å². The maximum absolute atomic E-state index is 13.2. The molecular formula is C20H14N4O. The van der Waals surface area contributed by atoms with Gasteiger partial charge < -0.3 is 9.47 Å². The molecule has 3 aromatic rings. The van der Waals surface area contributed by atoms with Gasteiger partial charge in [0.05, 0.1) is 17.3 Å². The molecule has 0 bridgehead atoms. The van der Waals surface area contributed by atoms with Crippen molar-refractivity contribution in [3.63, 3.8) is 0 Å². The Labute approximate surface area is 144 Å². The number of nitriles is 2. The number of rotatable bonds is 1. The van der Waals surface area contributed by atoms with Crippen molar-refractivity contribution in [2.24, 2.45) is 7.05 Å². The number of amides is 1. The van der Waals surface area contributed by atoms with E-state index < -0.39 is 5.41 Å². The molecular weight excluding hydrogens is 312 g/mol. The van der Waals surface area contributed by atoms with Crippen LogP contribution in [0.4, 0.5) is 5.69 Å². The molecule has 120 valence electrons. The first-order valence-corrected chi connectivity index (χ1v) is 7.84. The Bertz CT molecular complexity index is 1130. The van der Waals surface area contributed by atoms with Gasteiger partial charge in [0, 0.05) is 36.2 Å². The van der Waals surface area contributed by atoms with Gasteiger partial charge in [-0.3, -0.25) is 4.79 Å². The van der Waals surface area contributed by atoms with Crippen LogP contribution in [-0.4, -0.2) is 17.5 Å². The van der Waals surface area contributed by atoms with Crippen molar-refractivity contribution in [1.82, 2.24) is 4.57 Å². The topological polar surface area (TPSA) is 72.8 Å². The first kappa shape index (κ1) is 15.0. The summed E-state index contributed by atoms with van der Waals surface area (Å²) in [6, 6.07) is 19.2. The Morgan fingerprint density at radius 1 is 1.00 bits per heavy atom. The molecule has 2 heterocycles. The molecule has 0 fully saturated rings. The number of hydrogen-bond donors (Lipinski definition) is 0. The first-order valence-electron chi connectivity index (χ1n) is 7.84. The van der Waals surface area contributed by atoms with E-state index in [0.29, 0.717) is 22.5 Å². The summed E-state index contributed by atoms with van der Waals surface area (Å²) in [6.45, 7) is 0. The van der Waals surface area contributed by atoms with Gasteiger partial charge in [-0.05, 0) is 12.1 Å². The van der Waals surface area contributed by atoms with Crippen LogP contribution < -0.4 is 4.90 Å². The average Bonchev–Trinajstić information content (AvgIpc) is 3.06. The van der Waals surface area contributed by atoms with Crippen molar-refractivity contribution < 1.29 is 4.79 Å². The van der Waals surface area contributed by atoms with Gasteiger partial charge in [-0.2, -0.15) is 10.5 Å². The number of carbonyl (C=O) groups excluding carboxylic acids is 1. The predicted octanol–water partition coefficient (Wildman–Crippen LogP) is 2.84. The van der Waals surface area contributed by atoms with Crippen molar-refractivity contribution in [3.8, 4) is 12.1 Å². The molecule has 5 heteroatoms. The van der Waals surface area contributed by atoms with Gasteiger partial charge in [-0.15, -0.1) is 0 Å². The van der Waals surface area contributed by atoms with Crippen molar-refractivity contribution in [1.29, 1.82) is 10.5 Å². The van der Waals surface area contributed by atoms with E-state index in [9.17, 15) is 15.3 Å². The van der Waals surface area contributed by atoms with E-state index >= 15 is 0 Å². The minimum atomic E-state index is -1.52. The molecule has 1 aromatic heterocycles. The fraction of sp³-hybridized carbons (Fsp3) is 0.150. The normalized spacial score (nSPS) is 18.9. The smallest absolute Gasteiger partial charge is 0.258 e. The van der Waals surface area contributed by atoms with E-state index in [0.717, 1.165) is 10.9 Å². The lowest BCUT2D eigenvalue weighted by atomic mass is 9.78. The zero-order valence-electron chi connectivity index (χ0n) is 13.8. The molecule has 0 saturated carbocycles. The molecule has 4 rings (SSSR count). The molecule has 0 radical (unpaired) electrons. The number of hydrogen-bond acceptors (Lipinski definition) is 3. The first-order chi connectivity index (χ1) is 12.1. The predicted molar refractivity (Wildman–Crippen MR) is 93.9 cm³/mol. The van der Waals surface area contributed by atoms with E-state index in [1.54, 1.807) is 24.7 Å². The number of nitrogens with zero attached hydrogens (tertiary/aromatic N) is 4. The van der Waals surface area contributed by atoms with Crippen molar-refractivity contribution in [2.75, 3.05) is 11.9 Å². The highest BCUT2D eigenvalue weighted by atomic mass is 16.2.